The first-order valence-electron chi connectivity index (χ1n) is 8.85. The van der Waals surface area contributed by atoms with E-state index in [4.69, 9.17) is 11.6 Å². The molecule has 0 N–H and O–H groups in total. The van der Waals surface area contributed by atoms with Crippen LogP contribution in [0.25, 0.3) is 10.8 Å². The largest absolute Gasteiger partial charge is 0.307 e. The molecule has 1 amide bonds. The highest BCUT2D eigenvalue weighted by atomic mass is 35.5. The minimum Gasteiger partial charge on any atom is -0.307 e. The zero-order valence-corrected chi connectivity index (χ0v) is 15.7. The first-order valence-corrected chi connectivity index (χ1v) is 9.23. The van der Waals surface area contributed by atoms with Gasteiger partial charge in [0, 0.05) is 35.2 Å². The van der Waals surface area contributed by atoms with Gasteiger partial charge in [0.2, 0.25) is 5.91 Å². The van der Waals surface area contributed by atoms with Crippen LogP contribution < -0.4 is 4.90 Å². The molecular formula is C22H17ClN2O3. The maximum Gasteiger partial charge on any atom is 0.269 e. The monoisotopic (exact) mass is 392 g/mol. The molecular weight excluding hydrogens is 376 g/mol. The quantitative estimate of drug-likeness (QED) is 0.443. The second-order valence-corrected chi connectivity index (χ2v) is 7.36. The molecule has 1 aliphatic heterocycles. The summed E-state index contributed by atoms with van der Waals surface area (Å²) in [6.45, 7) is 3.95. The molecule has 5 nitrogen and oxygen atoms in total. The van der Waals surface area contributed by atoms with E-state index < -0.39 is 4.92 Å². The maximum atomic E-state index is 12.9. The molecule has 0 saturated heterocycles. The van der Waals surface area contributed by atoms with E-state index in [1.165, 1.54) is 6.07 Å². The van der Waals surface area contributed by atoms with Gasteiger partial charge in [0.25, 0.3) is 5.69 Å². The lowest BCUT2D eigenvalue weighted by atomic mass is 9.81. The SMILES string of the molecule is C=C(Cl)CN1C(=O)CC(c2cccc([N+](=O)[O-])c2)c2c1ccc1ccccc21. The zero-order valence-electron chi connectivity index (χ0n) is 15.0. The predicted octanol–water partition coefficient (Wildman–Crippen LogP) is 5.37. The standard InChI is InChI=1S/C22H17ClN2O3/c1-14(23)13-24-20-10-9-15-5-2-3-8-18(15)22(20)19(12-21(24)26)16-6-4-7-17(11-16)25(27)28/h2-11,19H,1,12-13H2. The van der Waals surface area contributed by atoms with Crippen molar-refractivity contribution in [1.29, 1.82) is 0 Å². The lowest BCUT2D eigenvalue weighted by Gasteiger charge is -2.35. The van der Waals surface area contributed by atoms with Gasteiger partial charge in [0.15, 0.2) is 0 Å². The molecule has 4 rings (SSSR count). The van der Waals surface area contributed by atoms with Gasteiger partial charge in [-0.2, -0.15) is 0 Å². The number of non-ortho nitro benzene ring substituents is 1. The van der Waals surface area contributed by atoms with Crippen LogP contribution in [0.15, 0.2) is 72.3 Å². The van der Waals surface area contributed by atoms with Crippen molar-refractivity contribution in [3.8, 4) is 0 Å². The first-order chi connectivity index (χ1) is 13.5. The van der Waals surface area contributed by atoms with Crippen molar-refractivity contribution < 1.29 is 9.72 Å². The number of rotatable bonds is 4. The van der Waals surface area contributed by atoms with Gasteiger partial charge in [-0.15, -0.1) is 0 Å². The van der Waals surface area contributed by atoms with E-state index in [2.05, 4.69) is 6.58 Å². The average Bonchev–Trinajstić information content (AvgIpc) is 2.69. The van der Waals surface area contributed by atoms with E-state index in [1.54, 1.807) is 17.0 Å². The third-order valence-electron chi connectivity index (χ3n) is 5.08. The van der Waals surface area contributed by atoms with Crippen LogP contribution in [0.5, 0.6) is 0 Å². The Hall–Kier alpha value is -3.18. The van der Waals surface area contributed by atoms with Gasteiger partial charge < -0.3 is 4.90 Å². The second-order valence-electron chi connectivity index (χ2n) is 6.83. The van der Waals surface area contributed by atoms with Gasteiger partial charge in [0.05, 0.1) is 11.5 Å². The minimum atomic E-state index is -0.415. The third-order valence-corrected chi connectivity index (χ3v) is 5.20. The molecule has 0 bridgehead atoms. The van der Waals surface area contributed by atoms with Crippen LogP contribution in [0, 0.1) is 10.1 Å². The summed E-state index contributed by atoms with van der Waals surface area (Å²) in [6, 6.07) is 18.4. The molecule has 28 heavy (non-hydrogen) atoms. The van der Waals surface area contributed by atoms with Gasteiger partial charge in [-0.1, -0.05) is 60.6 Å². The van der Waals surface area contributed by atoms with Gasteiger partial charge in [-0.25, -0.2) is 0 Å². The van der Waals surface area contributed by atoms with E-state index >= 15 is 0 Å². The van der Waals surface area contributed by atoms with Crippen LogP contribution in [0.2, 0.25) is 0 Å². The topological polar surface area (TPSA) is 63.5 Å². The number of anilines is 1. The molecule has 0 aliphatic carbocycles. The molecule has 0 saturated carbocycles. The Morgan fingerprint density at radius 2 is 1.96 bits per heavy atom. The summed E-state index contributed by atoms with van der Waals surface area (Å²) in [5.74, 6) is -0.352. The lowest BCUT2D eigenvalue weighted by Crippen LogP contribution is -2.37. The molecule has 1 atom stereocenters. The summed E-state index contributed by atoms with van der Waals surface area (Å²) in [7, 11) is 0. The number of carbonyl (C=O) groups excluding carboxylic acids is 1. The number of fused-ring (bicyclic) bond motifs is 3. The number of nitro groups is 1. The fourth-order valence-electron chi connectivity index (χ4n) is 3.89. The number of halogens is 1. The number of amides is 1. The number of hydrogen-bond acceptors (Lipinski definition) is 3. The average molecular weight is 393 g/mol. The van der Waals surface area contributed by atoms with Gasteiger partial charge in [0.1, 0.15) is 0 Å². The summed E-state index contributed by atoms with van der Waals surface area (Å²) in [5, 5.41) is 13.7. The first kappa shape index (κ1) is 18.2. The number of hydrogen-bond donors (Lipinski definition) is 0. The molecule has 1 unspecified atom stereocenters. The van der Waals surface area contributed by atoms with Crippen molar-refractivity contribution in [1.82, 2.24) is 0 Å². The summed E-state index contributed by atoms with van der Waals surface area (Å²) in [5.41, 5.74) is 2.53. The molecule has 0 spiro atoms. The minimum absolute atomic E-state index is 0.0169. The maximum absolute atomic E-state index is 12.9. The zero-order chi connectivity index (χ0) is 19.8. The smallest absolute Gasteiger partial charge is 0.269 e. The number of nitro benzene ring substituents is 1. The fourth-order valence-corrected chi connectivity index (χ4v) is 4.01. The Balaban J connectivity index is 1.96. The van der Waals surface area contributed by atoms with Crippen molar-refractivity contribution in [2.24, 2.45) is 0 Å². The Bertz CT molecular complexity index is 1130. The molecule has 3 aromatic rings. The van der Waals surface area contributed by atoms with Gasteiger partial charge in [-0.3, -0.25) is 14.9 Å². The predicted molar refractivity (Wildman–Crippen MR) is 111 cm³/mol. The van der Waals surface area contributed by atoms with Crippen LogP contribution in [-0.4, -0.2) is 17.4 Å². The van der Waals surface area contributed by atoms with Crippen molar-refractivity contribution in [2.45, 2.75) is 12.3 Å². The van der Waals surface area contributed by atoms with Crippen LogP contribution in [-0.2, 0) is 4.79 Å². The Kier molecular flexibility index (Phi) is 4.61. The molecule has 3 aromatic carbocycles. The van der Waals surface area contributed by atoms with E-state index in [9.17, 15) is 14.9 Å². The van der Waals surface area contributed by atoms with Gasteiger partial charge in [-0.05, 0) is 28.0 Å². The summed E-state index contributed by atoms with van der Waals surface area (Å²) in [6.07, 6.45) is 0.215. The molecule has 0 radical (unpaired) electrons. The van der Waals surface area contributed by atoms with Crippen molar-refractivity contribution >= 4 is 39.7 Å². The number of nitrogens with zero attached hydrogens (tertiary/aromatic N) is 2. The molecule has 1 aliphatic rings. The normalized spacial score (nSPS) is 16.1. The highest BCUT2D eigenvalue weighted by Gasteiger charge is 2.34. The highest BCUT2D eigenvalue weighted by molar-refractivity contribution is 6.30. The van der Waals surface area contributed by atoms with E-state index in [0.29, 0.717) is 5.03 Å². The molecule has 1 heterocycles. The van der Waals surface area contributed by atoms with Crippen molar-refractivity contribution in [3.05, 3.63) is 93.5 Å². The third kappa shape index (κ3) is 3.14. The fraction of sp³-hybridized carbons (Fsp3) is 0.136. The van der Waals surface area contributed by atoms with E-state index in [0.717, 1.165) is 27.6 Å². The highest BCUT2D eigenvalue weighted by Crippen LogP contribution is 2.44. The van der Waals surface area contributed by atoms with Gasteiger partial charge >= 0.3 is 0 Å². The number of carbonyl (C=O) groups is 1. The van der Waals surface area contributed by atoms with Crippen molar-refractivity contribution in [2.75, 3.05) is 11.4 Å². The molecule has 6 heteroatoms. The Morgan fingerprint density at radius 1 is 1.18 bits per heavy atom. The van der Waals surface area contributed by atoms with Crippen LogP contribution >= 0.6 is 11.6 Å². The summed E-state index contributed by atoms with van der Waals surface area (Å²) < 4.78 is 0. The number of benzene rings is 3. The second kappa shape index (κ2) is 7.09. The van der Waals surface area contributed by atoms with Crippen LogP contribution in [0.1, 0.15) is 23.5 Å². The molecule has 0 aromatic heterocycles. The Labute approximate surface area is 167 Å². The van der Waals surface area contributed by atoms with E-state index in [1.807, 2.05) is 42.5 Å². The van der Waals surface area contributed by atoms with Crippen molar-refractivity contribution in [3.63, 3.8) is 0 Å². The summed E-state index contributed by atoms with van der Waals surface area (Å²) >= 11 is 6.01. The summed E-state index contributed by atoms with van der Waals surface area (Å²) in [4.78, 5) is 25.4. The van der Waals surface area contributed by atoms with E-state index in [-0.39, 0.29) is 30.5 Å². The molecule has 0 fully saturated rings. The Morgan fingerprint density at radius 3 is 2.71 bits per heavy atom. The molecule has 140 valence electrons. The van der Waals surface area contributed by atoms with Crippen LogP contribution in [0.4, 0.5) is 11.4 Å². The van der Waals surface area contributed by atoms with Crippen LogP contribution in [0.3, 0.4) is 0 Å². The lowest BCUT2D eigenvalue weighted by molar-refractivity contribution is -0.384.